The van der Waals surface area contributed by atoms with Crippen LogP contribution < -0.4 is 9.47 Å². The molecular weight excluding hydrogens is 902 g/mol. The van der Waals surface area contributed by atoms with E-state index in [1.807, 2.05) is 9.80 Å². The fourth-order valence-corrected chi connectivity index (χ4v) is 8.86. The van der Waals surface area contributed by atoms with Crippen molar-refractivity contribution >= 4 is 43.8 Å². The molecule has 4 aromatic rings. The monoisotopic (exact) mass is 940 g/mol. The van der Waals surface area contributed by atoms with Gasteiger partial charge in [-0.15, -0.1) is 0 Å². The number of benzene rings is 4. The average molecular weight is 943 g/mol. The lowest BCUT2D eigenvalue weighted by atomic mass is 9.89. The van der Waals surface area contributed by atoms with Crippen LogP contribution in [0.3, 0.4) is 0 Å². The van der Waals surface area contributed by atoms with Crippen molar-refractivity contribution in [2.45, 2.75) is 89.3 Å². The molecule has 0 amide bonds. The molecule has 310 valence electrons. The van der Waals surface area contributed by atoms with Gasteiger partial charge in [0.1, 0.15) is 36.8 Å². The van der Waals surface area contributed by atoms with Crippen molar-refractivity contribution in [1.82, 2.24) is 9.80 Å². The van der Waals surface area contributed by atoms with Crippen molar-refractivity contribution in [3.8, 4) is 22.6 Å². The Morgan fingerprint density at radius 2 is 1.02 bits per heavy atom. The molecule has 2 saturated heterocycles. The van der Waals surface area contributed by atoms with E-state index < -0.39 is 71.8 Å². The van der Waals surface area contributed by atoms with Gasteiger partial charge >= 0.3 is 24.3 Å². The molecule has 2 fully saturated rings. The number of likely N-dealkylation sites (tertiary alicyclic amines) is 2. The predicted octanol–water partition coefficient (Wildman–Crippen LogP) is 11.0. The number of alkyl halides is 6. The molecule has 2 aliphatic heterocycles. The molecule has 0 aromatic heterocycles. The van der Waals surface area contributed by atoms with Gasteiger partial charge in [-0.25, -0.2) is 0 Å². The van der Waals surface area contributed by atoms with Crippen molar-refractivity contribution in [2.24, 2.45) is 0 Å². The summed E-state index contributed by atoms with van der Waals surface area (Å²) in [5, 5.41) is 19.2. The minimum absolute atomic E-state index is 0.195. The molecule has 6 rings (SSSR count). The summed E-state index contributed by atoms with van der Waals surface area (Å²) < 4.78 is 102. The molecule has 2 heterocycles. The topological polar surface area (TPSA) is 99.5 Å². The van der Waals surface area contributed by atoms with E-state index in [9.17, 15) is 46.1 Å². The molecular formula is C42H40Br2F6N2O6. The van der Waals surface area contributed by atoms with Gasteiger partial charge in [0.2, 0.25) is 0 Å². The van der Waals surface area contributed by atoms with Crippen molar-refractivity contribution in [3.05, 3.63) is 115 Å². The van der Waals surface area contributed by atoms with Gasteiger partial charge in [-0.3, -0.25) is 19.4 Å². The van der Waals surface area contributed by atoms with Crippen LogP contribution in [0.4, 0.5) is 26.3 Å². The number of carboxylic acids is 2. The van der Waals surface area contributed by atoms with Gasteiger partial charge in [0.25, 0.3) is 0 Å². The SMILES string of the molecule is O=C(O)[C@@H]1CCCCN1Cc1ccc(OCc2cccc(-c3cccc(COc4ccc(CN5CCCC[C@H]5C(=O)O)cc4Br)c3C(F)(F)F)c2C(F)(F)F)c(Br)c1. The van der Waals surface area contributed by atoms with E-state index in [-0.39, 0.29) is 22.6 Å². The van der Waals surface area contributed by atoms with Crippen LogP contribution in [0, 0.1) is 0 Å². The van der Waals surface area contributed by atoms with Gasteiger partial charge in [0.15, 0.2) is 0 Å². The highest BCUT2D eigenvalue weighted by Crippen LogP contribution is 2.46. The minimum atomic E-state index is -5.06. The lowest BCUT2D eigenvalue weighted by Gasteiger charge is -2.32. The first kappa shape index (κ1) is 43.5. The first-order valence-corrected chi connectivity index (χ1v) is 20.2. The second kappa shape index (κ2) is 18.4. The maximum Gasteiger partial charge on any atom is 0.417 e. The van der Waals surface area contributed by atoms with Gasteiger partial charge in [0, 0.05) is 24.2 Å². The zero-order chi connectivity index (χ0) is 41.8. The Balaban J connectivity index is 1.23. The van der Waals surface area contributed by atoms with E-state index in [1.54, 1.807) is 36.4 Å². The first-order valence-electron chi connectivity index (χ1n) is 18.7. The van der Waals surface area contributed by atoms with Gasteiger partial charge in [-0.1, -0.05) is 61.4 Å². The average Bonchev–Trinajstić information content (AvgIpc) is 3.16. The number of piperidine rings is 2. The number of aliphatic carboxylic acids is 2. The molecule has 0 aliphatic carbocycles. The minimum Gasteiger partial charge on any atom is -0.488 e. The van der Waals surface area contributed by atoms with Gasteiger partial charge in [-0.05, 0) is 117 Å². The third-order valence-electron chi connectivity index (χ3n) is 10.5. The van der Waals surface area contributed by atoms with Crippen molar-refractivity contribution < 1.29 is 55.6 Å². The standard InChI is InChI=1S/C42H40Br2F6N2O6/c43-31-19-25(21-51-17-3-1-11-33(51)39(53)54)13-15-35(31)57-23-27-7-5-9-29(37(27)41(45,46)47)30-10-6-8-28(38(30)42(48,49)50)24-58-36-16-14-26(20-32(36)44)22-52-18-4-2-12-34(52)40(55)56/h5-10,13-16,19-20,33-34H,1-4,11-12,17-18,21-24H2,(H,53,54)(H,55,56)/t33-,34-/m0/s1. The summed E-state index contributed by atoms with van der Waals surface area (Å²) >= 11 is 6.80. The summed E-state index contributed by atoms with van der Waals surface area (Å²) in [6.45, 7) is 0.688. The van der Waals surface area contributed by atoms with Gasteiger partial charge < -0.3 is 19.7 Å². The van der Waals surface area contributed by atoms with E-state index in [1.165, 1.54) is 12.1 Å². The van der Waals surface area contributed by atoms with Crippen molar-refractivity contribution in [1.29, 1.82) is 0 Å². The largest absolute Gasteiger partial charge is 0.488 e. The number of ether oxygens (including phenoxy) is 2. The summed E-state index contributed by atoms with van der Waals surface area (Å²) in [5.74, 6) is -1.41. The quantitative estimate of drug-likeness (QED) is 0.128. The lowest BCUT2D eigenvalue weighted by Crippen LogP contribution is -2.43. The van der Waals surface area contributed by atoms with E-state index in [0.29, 0.717) is 48.0 Å². The highest BCUT2D eigenvalue weighted by molar-refractivity contribution is 9.11. The summed E-state index contributed by atoms with van der Waals surface area (Å²) in [5.41, 5.74) is -3.11. The maximum absolute atomic E-state index is 14.9. The lowest BCUT2D eigenvalue weighted by molar-refractivity contribution is -0.145. The third kappa shape index (κ3) is 10.4. The molecule has 2 N–H and O–H groups in total. The molecule has 0 radical (unpaired) electrons. The van der Waals surface area contributed by atoms with Crippen LogP contribution in [-0.4, -0.2) is 57.1 Å². The van der Waals surface area contributed by atoms with Gasteiger partial charge in [0.05, 0.1) is 20.1 Å². The maximum atomic E-state index is 14.9. The Bertz CT molecular complexity index is 1980. The van der Waals surface area contributed by atoms with E-state index in [4.69, 9.17) is 9.47 Å². The van der Waals surface area contributed by atoms with E-state index in [0.717, 1.165) is 61.1 Å². The highest BCUT2D eigenvalue weighted by atomic mass is 79.9. The van der Waals surface area contributed by atoms with E-state index in [2.05, 4.69) is 31.9 Å². The molecule has 0 spiro atoms. The van der Waals surface area contributed by atoms with Crippen LogP contribution in [0.15, 0.2) is 81.7 Å². The molecule has 4 aromatic carbocycles. The Morgan fingerprint density at radius 3 is 1.36 bits per heavy atom. The number of nitrogens with zero attached hydrogens (tertiary/aromatic N) is 2. The van der Waals surface area contributed by atoms with Crippen LogP contribution >= 0.6 is 31.9 Å². The number of hydrogen-bond acceptors (Lipinski definition) is 6. The number of hydrogen-bond donors (Lipinski definition) is 2. The molecule has 2 aliphatic rings. The molecule has 0 unspecified atom stereocenters. The van der Waals surface area contributed by atoms with Gasteiger partial charge in [-0.2, -0.15) is 26.3 Å². The van der Waals surface area contributed by atoms with Crippen molar-refractivity contribution in [3.63, 3.8) is 0 Å². The second-order valence-electron chi connectivity index (χ2n) is 14.4. The summed E-state index contributed by atoms with van der Waals surface area (Å²) in [6, 6.07) is 15.5. The third-order valence-corrected chi connectivity index (χ3v) is 11.7. The number of halogens is 8. The normalized spacial score (nSPS) is 18.2. The molecule has 0 saturated carbocycles. The Kier molecular flexibility index (Phi) is 13.8. The van der Waals surface area contributed by atoms with Crippen LogP contribution in [0.2, 0.25) is 0 Å². The number of rotatable bonds is 13. The second-order valence-corrected chi connectivity index (χ2v) is 16.1. The molecule has 58 heavy (non-hydrogen) atoms. The zero-order valence-corrected chi connectivity index (χ0v) is 34.2. The molecule has 16 heteroatoms. The van der Waals surface area contributed by atoms with Crippen LogP contribution in [0.5, 0.6) is 11.5 Å². The molecule has 0 bridgehead atoms. The van der Waals surface area contributed by atoms with Crippen LogP contribution in [0.1, 0.15) is 71.9 Å². The highest BCUT2D eigenvalue weighted by Gasteiger charge is 2.41. The first-order chi connectivity index (χ1) is 27.5. The molecule has 2 atom stereocenters. The Morgan fingerprint density at radius 1 is 0.621 bits per heavy atom. The predicted molar refractivity (Wildman–Crippen MR) is 210 cm³/mol. The smallest absolute Gasteiger partial charge is 0.417 e. The fraction of sp³-hybridized carbons (Fsp3) is 0.381. The Hall–Kier alpha value is -4.12. The van der Waals surface area contributed by atoms with Crippen LogP contribution in [0.25, 0.3) is 11.1 Å². The Labute approximate surface area is 348 Å². The number of carbonyl (C=O) groups is 2. The summed E-state index contributed by atoms with van der Waals surface area (Å²) in [4.78, 5) is 27.2. The molecule has 8 nitrogen and oxygen atoms in total. The zero-order valence-electron chi connectivity index (χ0n) is 31.0. The fourth-order valence-electron chi connectivity index (χ4n) is 7.78. The summed E-state index contributed by atoms with van der Waals surface area (Å²) in [6.07, 6.45) is -5.70. The van der Waals surface area contributed by atoms with Crippen molar-refractivity contribution in [2.75, 3.05) is 13.1 Å². The summed E-state index contributed by atoms with van der Waals surface area (Å²) in [7, 11) is 0. The van der Waals surface area contributed by atoms with Crippen LogP contribution in [-0.2, 0) is 48.2 Å². The number of carboxylic acid groups (broad SMARTS) is 2. The van der Waals surface area contributed by atoms with E-state index >= 15 is 0 Å².